The first-order chi connectivity index (χ1) is 60.2. The van der Waals surface area contributed by atoms with Crippen molar-refractivity contribution in [2.75, 3.05) is 0 Å². The Labute approximate surface area is 632 Å². The van der Waals surface area contributed by atoms with Crippen LogP contribution in [0.25, 0.3) is 187 Å². The van der Waals surface area contributed by atoms with Crippen molar-refractivity contribution in [3.8, 4) is 100 Å². The zero-order valence-electron chi connectivity index (χ0n) is 78.2. The summed E-state index contributed by atoms with van der Waals surface area (Å²) in [6, 6.07) is 103. The van der Waals surface area contributed by atoms with Gasteiger partial charge in [0.2, 0.25) is 0 Å². The van der Waals surface area contributed by atoms with Crippen molar-refractivity contribution in [1.82, 2.24) is 0 Å². The number of hydrogen-bond acceptors (Lipinski definition) is 2. The lowest BCUT2D eigenvalue weighted by atomic mass is 9.82. The van der Waals surface area contributed by atoms with Gasteiger partial charge in [-0.3, -0.25) is 0 Å². The molecule has 0 saturated carbocycles. The van der Waals surface area contributed by atoms with Crippen LogP contribution in [0.2, 0.25) is 0 Å². The SMILES string of the molecule is CC.[2H]C.[2H]C.[2H][2H].[2H][2H].[2H][2H].[2H][2H].[2H][2H].[2H]c1c(-c2ccc(-c3c4ccccc4c(-c4ccccc4)c4c([2H])cccc34)cc2)c([2H])c2oc3cc(-c4ccccc4)ccc3c2c1[2H].[2H]c1ccc2c(-c3ccc(-c4ccc(-c5ccc6c(c5)-c5ccccc5C6(C)C)c5oc6ccccc6c45)cc3)c3c([2H])c([2H])ccc3c(-c3ccccc3)c2c1[2H]. The molecule has 2 heteroatoms. The van der Waals surface area contributed by atoms with Gasteiger partial charge in [-0.1, -0.05) is 352 Å². The van der Waals surface area contributed by atoms with Gasteiger partial charge in [-0.05, 0) is 191 Å². The lowest BCUT2D eigenvalue weighted by molar-refractivity contribution is 0.660. The van der Waals surface area contributed by atoms with Crippen LogP contribution < -0.4 is 0 Å². The highest BCUT2D eigenvalue weighted by Crippen LogP contribution is 2.52. The van der Waals surface area contributed by atoms with Crippen molar-refractivity contribution in [2.24, 2.45) is 0 Å². The van der Waals surface area contributed by atoms with E-state index in [1.54, 1.807) is 12.1 Å². The standard InChI is InChI=1S/C53H36O.C44H28O.C2H6.2CH4.5H2/c1-53(2)46-22-12-10-16-39(46)45-32-36(28-31-47(45)53)38-30-29-37(51-44-21-11-13-23-48(44)54-52(38)51)33-24-26-35(27-25-33)50-42-19-8-6-17-40(42)49(34-14-4-3-5-15-34)41-18-7-9-20-43(41)50;1-3-11-29(12-4-1)33-23-25-35-36-26-24-34(28-42(36)45-41(35)27-33)30-19-21-32(22-20-30)44-39-17-9-7-15-37(39)43(31-13-5-2-6-14-31)38-16-8-10-18-40(38)44;1-2;;;;;;;/h3-32H,1-2H3;1-28H;1-2H3;2*1H4;5*1H/i6D,9D,17D,20D;15D,24D,26D,28D;;2*1D;5*1+1D. The van der Waals surface area contributed by atoms with E-state index in [1.807, 2.05) is 184 Å². The monoisotopic (exact) mass is 1350 g/mol. The minimum Gasteiger partial charge on any atom is -0.456 e. The quantitative estimate of drug-likeness (QED) is 0.142. The molecule has 0 radical (unpaired) electrons. The smallest absolute Gasteiger partial charge is 0.143 e. The highest BCUT2D eigenvalue weighted by molar-refractivity contribution is 6.23. The second kappa shape index (κ2) is 26.8. The molecule has 0 atom stereocenters. The topological polar surface area (TPSA) is 26.3 Å². The maximum atomic E-state index is 9.24. The molecule has 103 heavy (non-hydrogen) atoms. The number of furan rings is 2. The molecule has 0 aliphatic heterocycles. The Kier molecular flexibility index (Phi) is 13.0. The van der Waals surface area contributed by atoms with Crippen LogP contribution in [0.15, 0.2) is 360 Å². The van der Waals surface area contributed by atoms with E-state index >= 15 is 0 Å². The Balaban J connectivity index is 0.000000209. The molecular formula is C101H88O2. The van der Waals surface area contributed by atoms with Crippen LogP contribution >= 0.6 is 0 Å². The second-order valence-electron chi connectivity index (χ2n) is 26.2. The maximum Gasteiger partial charge on any atom is 0.143 e. The van der Waals surface area contributed by atoms with Crippen LogP contribution in [0.4, 0.5) is 0 Å². The fourth-order valence-corrected chi connectivity index (χ4v) is 15.7. The summed E-state index contributed by atoms with van der Waals surface area (Å²) in [4.78, 5) is 0. The van der Waals surface area contributed by atoms with Crippen molar-refractivity contribution in [3.63, 3.8) is 0 Å². The fraction of sp³-hybridized carbons (Fsp3) is 0.0693. The Morgan fingerprint density at radius 2 is 0.728 bits per heavy atom. The van der Waals surface area contributed by atoms with Gasteiger partial charge < -0.3 is 8.83 Å². The van der Waals surface area contributed by atoms with Gasteiger partial charge in [0.1, 0.15) is 22.3 Å². The van der Waals surface area contributed by atoms with Crippen molar-refractivity contribution in [3.05, 3.63) is 363 Å². The number of benzene rings is 17. The normalized spacial score (nSPS) is 13.6. The fourth-order valence-electron chi connectivity index (χ4n) is 15.7. The summed E-state index contributed by atoms with van der Waals surface area (Å²) in [5, 5.41) is 10.3. The summed E-state index contributed by atoms with van der Waals surface area (Å²) in [5.41, 5.74) is 22.6. The lowest BCUT2D eigenvalue weighted by Crippen LogP contribution is -2.14. The molecule has 19 aromatic rings. The molecule has 1 aliphatic carbocycles. The first kappa shape index (κ1) is 49.8. The van der Waals surface area contributed by atoms with Crippen molar-refractivity contribution in [1.29, 1.82) is 0 Å². The molecule has 0 bridgehead atoms. The molecule has 17 aromatic carbocycles. The number of hydrogen-bond donors (Lipinski definition) is 0. The average molecular weight is 1350 g/mol. The first-order valence-corrected chi connectivity index (χ1v) is 34.6. The van der Waals surface area contributed by atoms with Gasteiger partial charge in [-0.15, -0.1) is 0 Å². The molecule has 0 unspecified atom stereocenters. The second-order valence-corrected chi connectivity index (χ2v) is 26.2. The van der Waals surface area contributed by atoms with Crippen molar-refractivity contribution >= 4 is 87.0 Å². The predicted molar refractivity (Wildman–Crippen MR) is 454 cm³/mol. The Hall–Kier alpha value is -12.6. The highest BCUT2D eigenvalue weighted by Gasteiger charge is 2.35. The third kappa shape index (κ3) is 11.0. The van der Waals surface area contributed by atoms with E-state index in [-0.39, 0.29) is 47.7 Å². The van der Waals surface area contributed by atoms with E-state index in [2.05, 4.69) is 135 Å². The van der Waals surface area contributed by atoms with E-state index in [9.17, 15) is 2.74 Å². The molecule has 0 fully saturated rings. The van der Waals surface area contributed by atoms with E-state index in [4.69, 9.17) is 34.6 Å². The molecular weight excluding hydrogens is 1250 g/mol. The minimum absolute atomic E-state index is 0.00190. The van der Waals surface area contributed by atoms with Gasteiger partial charge in [0.15, 0.2) is 0 Å². The highest BCUT2D eigenvalue weighted by atomic mass is 16.3. The van der Waals surface area contributed by atoms with Gasteiger partial charge in [0, 0.05) is 50.1 Å². The summed E-state index contributed by atoms with van der Waals surface area (Å²) >= 11 is 0. The predicted octanol–water partition coefficient (Wildman–Crippen LogP) is 31.0. The zero-order valence-corrected chi connectivity index (χ0v) is 58.2. The molecule has 0 amide bonds. The molecule has 20 rings (SSSR count). The molecule has 2 aromatic heterocycles. The summed E-state index contributed by atoms with van der Waals surface area (Å²) in [6.45, 7) is 8.61. The number of para-hydroxylation sites is 1. The Bertz CT molecular complexity index is 6940. The van der Waals surface area contributed by atoms with E-state index in [1.165, 1.54) is 37.1 Å². The largest absolute Gasteiger partial charge is 0.456 e. The maximum absolute atomic E-state index is 9.24. The van der Waals surface area contributed by atoms with Gasteiger partial charge in [0.25, 0.3) is 0 Å². The average Bonchev–Trinajstić information content (AvgIpc) is 1.61. The van der Waals surface area contributed by atoms with Gasteiger partial charge >= 0.3 is 0 Å². The summed E-state index contributed by atoms with van der Waals surface area (Å²) in [6.07, 6.45) is 0. The van der Waals surface area contributed by atoms with Crippen LogP contribution in [-0.2, 0) is 5.41 Å². The molecule has 504 valence electrons. The Morgan fingerprint density at radius 3 is 1.36 bits per heavy atom. The van der Waals surface area contributed by atoms with E-state index in [0.717, 1.165) is 138 Å². The molecule has 0 spiro atoms. The first-order valence-electron chi connectivity index (χ1n) is 45.6. The van der Waals surface area contributed by atoms with Gasteiger partial charge in [0.05, 0.1) is 11.0 Å². The number of rotatable bonds is 8. The van der Waals surface area contributed by atoms with Crippen LogP contribution in [0, 0.1) is 0 Å². The lowest BCUT2D eigenvalue weighted by Gasteiger charge is -2.21. The summed E-state index contributed by atoms with van der Waals surface area (Å²) in [7, 11) is 2.50. The molecule has 0 saturated heterocycles. The van der Waals surface area contributed by atoms with Crippen molar-refractivity contribution < 1.29 is 37.4 Å². The Morgan fingerprint density at radius 1 is 0.282 bits per heavy atom. The number of fused-ring (bicyclic) bond motifs is 13. The van der Waals surface area contributed by atoms with Crippen LogP contribution in [0.3, 0.4) is 0 Å². The van der Waals surface area contributed by atoms with Gasteiger partial charge in [-0.2, -0.15) is 0 Å². The molecule has 0 N–H and O–H groups in total. The van der Waals surface area contributed by atoms with Gasteiger partial charge in [-0.25, -0.2) is 0 Å². The van der Waals surface area contributed by atoms with Crippen molar-refractivity contribution in [2.45, 2.75) is 47.9 Å². The third-order valence-electron chi connectivity index (χ3n) is 20.3. The van der Waals surface area contributed by atoms with Crippen LogP contribution in [-0.4, -0.2) is 0 Å². The molecule has 1 aliphatic rings. The molecule has 2 heterocycles. The van der Waals surface area contributed by atoms with E-state index in [0.29, 0.717) is 44.5 Å². The van der Waals surface area contributed by atoms with E-state index < -0.39 is 0 Å². The van der Waals surface area contributed by atoms with Crippen LogP contribution in [0.5, 0.6) is 0 Å². The zero-order chi connectivity index (χ0) is 88.7. The molecule has 2 nitrogen and oxygen atoms in total. The van der Waals surface area contributed by atoms with Crippen LogP contribution in [0.1, 0.15) is 82.2 Å². The minimum atomic E-state index is -0.0720. The summed E-state index contributed by atoms with van der Waals surface area (Å²) in [5.74, 6) is 0. The summed E-state index contributed by atoms with van der Waals surface area (Å²) < 4.78 is 147. The third-order valence-corrected chi connectivity index (χ3v) is 20.3.